The van der Waals surface area contributed by atoms with Gasteiger partial charge < -0.3 is 9.84 Å². The van der Waals surface area contributed by atoms with Crippen molar-refractivity contribution in [2.24, 2.45) is 0 Å². The molecule has 3 rings (SSSR count). The van der Waals surface area contributed by atoms with Crippen molar-refractivity contribution < 1.29 is 9.84 Å². The molecule has 1 N–H and O–H groups in total. The molecule has 6 nitrogen and oxygen atoms in total. The molecule has 3 heterocycles. The molecular weight excluding hydrogens is 264 g/mol. The van der Waals surface area contributed by atoms with Crippen LogP contribution in [0, 0.1) is 6.92 Å². The Labute approximate surface area is 116 Å². The molecule has 2 aromatic heterocycles. The minimum atomic E-state index is -0.585. The number of nitrogens with zero attached hydrogens (tertiary/aromatic N) is 4. The average Bonchev–Trinajstić information content (AvgIpc) is 2.94. The maximum absolute atomic E-state index is 10.1. The lowest BCUT2D eigenvalue weighted by molar-refractivity contribution is -0.0180. The number of thiol groups is 1. The van der Waals surface area contributed by atoms with E-state index < -0.39 is 6.10 Å². The van der Waals surface area contributed by atoms with E-state index in [-0.39, 0.29) is 17.6 Å². The van der Waals surface area contributed by atoms with E-state index in [1.165, 1.54) is 6.33 Å². The zero-order valence-electron chi connectivity index (χ0n) is 10.8. The Balaban J connectivity index is 2.04. The largest absolute Gasteiger partial charge is 0.389 e. The third-order valence-corrected chi connectivity index (χ3v) is 4.12. The van der Waals surface area contributed by atoms with Crippen molar-refractivity contribution >= 4 is 23.8 Å². The van der Waals surface area contributed by atoms with Gasteiger partial charge in [0, 0.05) is 0 Å². The van der Waals surface area contributed by atoms with Crippen molar-refractivity contribution in [3.63, 3.8) is 0 Å². The van der Waals surface area contributed by atoms with E-state index in [9.17, 15) is 5.11 Å². The van der Waals surface area contributed by atoms with Crippen molar-refractivity contribution in [1.82, 2.24) is 19.5 Å². The van der Waals surface area contributed by atoms with E-state index in [2.05, 4.69) is 27.6 Å². The fourth-order valence-corrected chi connectivity index (χ4v) is 2.86. The molecular formula is C12H16N4O2S. The lowest BCUT2D eigenvalue weighted by Gasteiger charge is -2.16. The fraction of sp³-hybridized carbons (Fsp3) is 0.583. The Morgan fingerprint density at radius 2 is 2.21 bits per heavy atom. The molecule has 0 unspecified atom stereocenters. The molecule has 4 atom stereocenters. The number of hydrogen-bond donors (Lipinski definition) is 2. The molecule has 0 aliphatic carbocycles. The van der Waals surface area contributed by atoms with Gasteiger partial charge in [0.05, 0.1) is 29.5 Å². The Morgan fingerprint density at radius 1 is 1.42 bits per heavy atom. The molecule has 0 spiro atoms. The average molecular weight is 280 g/mol. The summed E-state index contributed by atoms with van der Waals surface area (Å²) in [4.78, 5) is 12.7. The van der Waals surface area contributed by atoms with Gasteiger partial charge >= 0.3 is 0 Å². The van der Waals surface area contributed by atoms with Crippen LogP contribution < -0.4 is 0 Å². The van der Waals surface area contributed by atoms with E-state index >= 15 is 0 Å². The SMILES string of the molecule is CC[C@H]1O[C@@H](n2cnc3c(C)ncnc32)[C@H](S)[C@@H]1O. The molecule has 0 radical (unpaired) electrons. The van der Waals surface area contributed by atoms with Crippen molar-refractivity contribution in [2.45, 2.75) is 44.0 Å². The lowest BCUT2D eigenvalue weighted by atomic mass is 10.1. The monoisotopic (exact) mass is 280 g/mol. The standard InChI is InChI=1S/C12H16N4O2S/c1-3-7-9(17)10(19)12(18-7)16-5-15-8-6(2)13-4-14-11(8)16/h4-5,7,9-10,12,17,19H,3H2,1-2H3/t7-,9-,10-,12-/m1/s1. The van der Waals surface area contributed by atoms with E-state index in [4.69, 9.17) is 4.74 Å². The molecule has 2 aromatic rings. The molecule has 1 fully saturated rings. The summed E-state index contributed by atoms with van der Waals surface area (Å²) in [5.41, 5.74) is 2.28. The molecule has 0 bridgehead atoms. The Kier molecular flexibility index (Phi) is 3.20. The third kappa shape index (κ3) is 1.92. The Bertz CT molecular complexity index is 602. The second-order valence-electron chi connectivity index (χ2n) is 4.74. The molecule has 102 valence electrons. The highest BCUT2D eigenvalue weighted by molar-refractivity contribution is 7.81. The Morgan fingerprint density at radius 3 is 2.89 bits per heavy atom. The van der Waals surface area contributed by atoms with E-state index in [1.54, 1.807) is 6.33 Å². The molecule has 19 heavy (non-hydrogen) atoms. The van der Waals surface area contributed by atoms with E-state index in [0.717, 1.165) is 17.6 Å². The topological polar surface area (TPSA) is 73.1 Å². The maximum Gasteiger partial charge on any atom is 0.165 e. The van der Waals surface area contributed by atoms with Crippen LogP contribution >= 0.6 is 12.6 Å². The summed E-state index contributed by atoms with van der Waals surface area (Å²) >= 11 is 4.47. The molecule has 0 amide bonds. The van der Waals surface area contributed by atoms with Crippen molar-refractivity contribution in [3.05, 3.63) is 18.3 Å². The highest BCUT2D eigenvalue weighted by Crippen LogP contribution is 2.35. The molecule has 1 aliphatic rings. The first-order valence-corrected chi connectivity index (χ1v) is 6.80. The number of rotatable bonds is 2. The molecule has 0 aromatic carbocycles. The smallest absolute Gasteiger partial charge is 0.165 e. The van der Waals surface area contributed by atoms with Gasteiger partial charge in [0.1, 0.15) is 11.8 Å². The predicted molar refractivity (Wildman–Crippen MR) is 73.0 cm³/mol. The Hall–Kier alpha value is -1.18. The van der Waals surface area contributed by atoms with Gasteiger partial charge in [-0.25, -0.2) is 15.0 Å². The normalized spacial score (nSPS) is 31.2. The lowest BCUT2D eigenvalue weighted by Crippen LogP contribution is -2.27. The van der Waals surface area contributed by atoms with Crippen LogP contribution in [0.25, 0.3) is 11.2 Å². The maximum atomic E-state index is 10.1. The summed E-state index contributed by atoms with van der Waals surface area (Å²) in [6.45, 7) is 3.87. The number of ether oxygens (including phenoxy) is 1. The first kappa shape index (κ1) is 12.8. The van der Waals surface area contributed by atoms with Crippen LogP contribution in [-0.2, 0) is 4.74 Å². The number of fused-ring (bicyclic) bond motifs is 1. The van der Waals surface area contributed by atoms with Gasteiger partial charge in [0.25, 0.3) is 0 Å². The number of aryl methyl sites for hydroxylation is 1. The van der Waals surface area contributed by atoms with Gasteiger partial charge in [-0.3, -0.25) is 4.57 Å². The summed E-state index contributed by atoms with van der Waals surface area (Å²) in [6.07, 6.45) is 2.78. The van der Waals surface area contributed by atoms with Crippen LogP contribution in [0.15, 0.2) is 12.7 Å². The summed E-state index contributed by atoms with van der Waals surface area (Å²) in [6, 6.07) is 0. The van der Waals surface area contributed by atoms with Crippen LogP contribution in [0.1, 0.15) is 25.3 Å². The predicted octanol–water partition coefficient (Wildman–Crippen LogP) is 1.10. The number of imidazole rings is 1. The van der Waals surface area contributed by atoms with E-state index in [0.29, 0.717) is 5.65 Å². The van der Waals surface area contributed by atoms with Gasteiger partial charge in [-0.2, -0.15) is 12.6 Å². The minimum absolute atomic E-state index is 0.201. The summed E-state index contributed by atoms with van der Waals surface area (Å²) in [5, 5.41) is 9.79. The van der Waals surface area contributed by atoms with Gasteiger partial charge in [-0.05, 0) is 13.3 Å². The van der Waals surface area contributed by atoms with Crippen LogP contribution in [0.2, 0.25) is 0 Å². The van der Waals surface area contributed by atoms with Gasteiger partial charge in [0.2, 0.25) is 0 Å². The summed E-state index contributed by atoms with van der Waals surface area (Å²) in [7, 11) is 0. The van der Waals surface area contributed by atoms with Crippen molar-refractivity contribution in [2.75, 3.05) is 0 Å². The second-order valence-corrected chi connectivity index (χ2v) is 5.33. The number of aliphatic hydroxyl groups excluding tert-OH is 1. The molecule has 1 aliphatic heterocycles. The summed E-state index contributed by atoms with van der Waals surface area (Å²) in [5.74, 6) is 0. The highest BCUT2D eigenvalue weighted by Gasteiger charge is 2.42. The quantitative estimate of drug-likeness (QED) is 0.806. The minimum Gasteiger partial charge on any atom is -0.389 e. The fourth-order valence-electron chi connectivity index (χ4n) is 2.45. The molecule has 0 saturated carbocycles. The zero-order chi connectivity index (χ0) is 13.6. The first-order valence-electron chi connectivity index (χ1n) is 6.29. The number of aromatic nitrogens is 4. The highest BCUT2D eigenvalue weighted by atomic mass is 32.1. The van der Waals surface area contributed by atoms with Gasteiger partial charge in [-0.1, -0.05) is 6.92 Å². The van der Waals surface area contributed by atoms with Crippen LogP contribution in [0.5, 0.6) is 0 Å². The van der Waals surface area contributed by atoms with Gasteiger partial charge in [0.15, 0.2) is 11.9 Å². The first-order chi connectivity index (χ1) is 9.13. The van der Waals surface area contributed by atoms with E-state index in [1.807, 2.05) is 18.4 Å². The zero-order valence-corrected chi connectivity index (χ0v) is 11.7. The molecule has 1 saturated heterocycles. The number of aliphatic hydroxyl groups is 1. The van der Waals surface area contributed by atoms with Crippen LogP contribution in [-0.4, -0.2) is 42.1 Å². The molecule has 7 heteroatoms. The van der Waals surface area contributed by atoms with Crippen molar-refractivity contribution in [3.8, 4) is 0 Å². The van der Waals surface area contributed by atoms with Crippen molar-refractivity contribution in [1.29, 1.82) is 0 Å². The van der Waals surface area contributed by atoms with Crippen LogP contribution in [0.3, 0.4) is 0 Å². The van der Waals surface area contributed by atoms with Crippen LogP contribution in [0.4, 0.5) is 0 Å². The number of hydrogen-bond acceptors (Lipinski definition) is 6. The second kappa shape index (κ2) is 4.73. The third-order valence-electron chi connectivity index (χ3n) is 3.56. The summed E-state index contributed by atoms with van der Waals surface area (Å²) < 4.78 is 7.68. The van der Waals surface area contributed by atoms with Gasteiger partial charge in [-0.15, -0.1) is 0 Å².